The van der Waals surface area contributed by atoms with E-state index in [1.54, 1.807) is 0 Å². The molecule has 25 heavy (non-hydrogen) atoms. The first-order valence-electron chi connectivity index (χ1n) is 8.92. The molecule has 1 unspecified atom stereocenters. The van der Waals surface area contributed by atoms with Gasteiger partial charge in [-0.15, -0.1) is 0 Å². The van der Waals surface area contributed by atoms with E-state index >= 15 is 0 Å². The van der Waals surface area contributed by atoms with Gasteiger partial charge in [0.2, 0.25) is 5.91 Å². The second-order valence-corrected chi connectivity index (χ2v) is 6.79. The highest BCUT2D eigenvalue weighted by molar-refractivity contribution is 5.93. The van der Waals surface area contributed by atoms with Crippen molar-refractivity contribution in [2.45, 2.75) is 33.3 Å². The van der Waals surface area contributed by atoms with Gasteiger partial charge < -0.3 is 15.4 Å². The van der Waals surface area contributed by atoms with Crippen LogP contribution in [0, 0.1) is 19.8 Å². The van der Waals surface area contributed by atoms with Gasteiger partial charge in [-0.25, -0.2) is 0 Å². The lowest BCUT2D eigenvalue weighted by atomic mass is 9.98. The molecule has 1 fully saturated rings. The third-order valence-corrected chi connectivity index (χ3v) is 4.61. The van der Waals surface area contributed by atoms with E-state index in [9.17, 15) is 4.79 Å². The normalized spacial score (nSPS) is 17.1. The van der Waals surface area contributed by atoms with Gasteiger partial charge in [0.15, 0.2) is 0 Å². The number of amides is 1. The van der Waals surface area contributed by atoms with Crippen LogP contribution in [-0.2, 0) is 11.4 Å². The minimum atomic E-state index is 0.0606. The van der Waals surface area contributed by atoms with Crippen LogP contribution in [-0.4, -0.2) is 19.0 Å². The largest absolute Gasteiger partial charge is 0.489 e. The van der Waals surface area contributed by atoms with Crippen LogP contribution < -0.4 is 15.4 Å². The van der Waals surface area contributed by atoms with E-state index in [1.807, 2.05) is 31.2 Å². The van der Waals surface area contributed by atoms with Crippen LogP contribution in [0.1, 0.15) is 29.5 Å². The van der Waals surface area contributed by atoms with Gasteiger partial charge >= 0.3 is 0 Å². The molecule has 3 rings (SSSR count). The third-order valence-electron chi connectivity index (χ3n) is 4.61. The zero-order valence-electron chi connectivity index (χ0n) is 15.0. The van der Waals surface area contributed by atoms with E-state index in [2.05, 4.69) is 35.8 Å². The molecule has 4 heteroatoms. The van der Waals surface area contributed by atoms with Crippen LogP contribution in [0.2, 0.25) is 0 Å². The second kappa shape index (κ2) is 8.17. The Labute approximate surface area is 149 Å². The average Bonchev–Trinajstić information content (AvgIpc) is 2.63. The van der Waals surface area contributed by atoms with Gasteiger partial charge in [-0.05, 0) is 62.6 Å². The quantitative estimate of drug-likeness (QED) is 0.871. The molecule has 1 aliphatic heterocycles. The van der Waals surface area contributed by atoms with Crippen molar-refractivity contribution in [2.75, 3.05) is 18.4 Å². The summed E-state index contributed by atoms with van der Waals surface area (Å²) < 4.78 is 5.88. The Morgan fingerprint density at radius 3 is 2.84 bits per heavy atom. The number of rotatable bonds is 5. The number of hydrogen-bond acceptors (Lipinski definition) is 3. The van der Waals surface area contributed by atoms with Crippen molar-refractivity contribution >= 4 is 11.6 Å². The van der Waals surface area contributed by atoms with Gasteiger partial charge in [0.1, 0.15) is 12.4 Å². The second-order valence-electron chi connectivity index (χ2n) is 6.79. The molecule has 1 saturated heterocycles. The van der Waals surface area contributed by atoms with E-state index in [-0.39, 0.29) is 11.8 Å². The molecule has 1 aliphatic rings. The van der Waals surface area contributed by atoms with Crippen molar-refractivity contribution in [3.8, 4) is 5.75 Å². The van der Waals surface area contributed by atoms with Gasteiger partial charge in [0.25, 0.3) is 0 Å². The van der Waals surface area contributed by atoms with Gasteiger partial charge in [0, 0.05) is 12.2 Å². The average molecular weight is 338 g/mol. The summed E-state index contributed by atoms with van der Waals surface area (Å²) in [4.78, 5) is 12.4. The molecule has 1 atom stereocenters. The number of nitrogens with one attached hydrogen (secondary N) is 2. The summed E-state index contributed by atoms with van der Waals surface area (Å²) in [6, 6.07) is 14.1. The Balaban J connectivity index is 1.59. The highest BCUT2D eigenvalue weighted by Gasteiger charge is 2.21. The Hall–Kier alpha value is -2.33. The van der Waals surface area contributed by atoms with Crippen LogP contribution in [0.15, 0.2) is 42.5 Å². The number of aryl methyl sites for hydroxylation is 2. The molecular formula is C21H26N2O2. The first kappa shape index (κ1) is 17.5. The summed E-state index contributed by atoms with van der Waals surface area (Å²) in [5, 5.41) is 6.33. The van der Waals surface area contributed by atoms with Crippen molar-refractivity contribution in [2.24, 2.45) is 5.92 Å². The predicted molar refractivity (Wildman–Crippen MR) is 101 cm³/mol. The lowest BCUT2D eigenvalue weighted by molar-refractivity contribution is -0.120. The number of piperidine rings is 1. The fourth-order valence-corrected chi connectivity index (χ4v) is 3.15. The Morgan fingerprint density at radius 2 is 2.12 bits per heavy atom. The summed E-state index contributed by atoms with van der Waals surface area (Å²) >= 11 is 0. The van der Waals surface area contributed by atoms with E-state index in [0.29, 0.717) is 6.61 Å². The van der Waals surface area contributed by atoms with Gasteiger partial charge in [-0.1, -0.05) is 29.8 Å². The van der Waals surface area contributed by atoms with Crippen molar-refractivity contribution < 1.29 is 9.53 Å². The molecule has 2 aromatic carbocycles. The standard InChI is InChI=1S/C21H26N2O2/c1-15-5-3-6-17(11-15)14-25-19-8-9-20(16(2)12-19)23-21(24)18-7-4-10-22-13-18/h3,5-6,8-9,11-12,18,22H,4,7,10,13-14H2,1-2H3,(H,23,24). The Bertz CT molecular complexity index is 736. The molecule has 0 saturated carbocycles. The van der Waals surface area contributed by atoms with Crippen molar-refractivity contribution in [3.63, 3.8) is 0 Å². The van der Waals surface area contributed by atoms with Crippen molar-refractivity contribution in [1.82, 2.24) is 5.32 Å². The number of carbonyl (C=O) groups is 1. The van der Waals surface area contributed by atoms with E-state index in [4.69, 9.17) is 4.74 Å². The van der Waals surface area contributed by atoms with Gasteiger partial charge in [-0.2, -0.15) is 0 Å². The molecule has 2 aromatic rings. The molecule has 1 amide bonds. The summed E-state index contributed by atoms with van der Waals surface area (Å²) in [5.41, 5.74) is 4.25. The van der Waals surface area contributed by atoms with Gasteiger partial charge in [-0.3, -0.25) is 4.79 Å². The lowest BCUT2D eigenvalue weighted by Crippen LogP contribution is -2.37. The highest BCUT2D eigenvalue weighted by Crippen LogP contribution is 2.23. The predicted octanol–water partition coefficient (Wildman–Crippen LogP) is 3.82. The number of anilines is 1. The van der Waals surface area contributed by atoms with E-state index < -0.39 is 0 Å². The summed E-state index contributed by atoms with van der Waals surface area (Å²) in [6.45, 7) is 6.39. The van der Waals surface area contributed by atoms with Gasteiger partial charge in [0.05, 0.1) is 5.92 Å². The first-order chi connectivity index (χ1) is 12.1. The summed E-state index contributed by atoms with van der Waals surface area (Å²) in [7, 11) is 0. The minimum Gasteiger partial charge on any atom is -0.489 e. The summed E-state index contributed by atoms with van der Waals surface area (Å²) in [6.07, 6.45) is 2.01. The smallest absolute Gasteiger partial charge is 0.228 e. The fourth-order valence-electron chi connectivity index (χ4n) is 3.15. The van der Waals surface area contributed by atoms with Crippen LogP contribution >= 0.6 is 0 Å². The number of benzene rings is 2. The van der Waals surface area contributed by atoms with Crippen molar-refractivity contribution in [1.29, 1.82) is 0 Å². The molecule has 0 bridgehead atoms. The van der Waals surface area contributed by atoms with Crippen LogP contribution in [0.4, 0.5) is 5.69 Å². The number of hydrogen-bond donors (Lipinski definition) is 2. The molecule has 0 spiro atoms. The molecule has 4 nitrogen and oxygen atoms in total. The van der Waals surface area contributed by atoms with Crippen molar-refractivity contribution in [3.05, 3.63) is 59.2 Å². The lowest BCUT2D eigenvalue weighted by Gasteiger charge is -2.22. The number of carbonyl (C=O) groups excluding carboxylic acids is 1. The zero-order valence-corrected chi connectivity index (χ0v) is 15.0. The van der Waals surface area contributed by atoms with Crippen LogP contribution in [0.3, 0.4) is 0 Å². The highest BCUT2D eigenvalue weighted by atomic mass is 16.5. The SMILES string of the molecule is Cc1cccc(COc2ccc(NC(=O)C3CCCNC3)c(C)c2)c1. The maximum Gasteiger partial charge on any atom is 0.228 e. The maximum atomic E-state index is 12.4. The molecule has 0 aliphatic carbocycles. The minimum absolute atomic E-state index is 0.0606. The monoisotopic (exact) mass is 338 g/mol. The van der Waals surface area contributed by atoms with E-state index in [1.165, 1.54) is 5.56 Å². The van der Waals surface area contributed by atoms with Crippen LogP contribution in [0.5, 0.6) is 5.75 Å². The first-order valence-corrected chi connectivity index (χ1v) is 8.92. The Kier molecular flexibility index (Phi) is 5.71. The molecule has 1 heterocycles. The fraction of sp³-hybridized carbons (Fsp3) is 0.381. The maximum absolute atomic E-state index is 12.4. The topological polar surface area (TPSA) is 50.4 Å². The molecule has 2 N–H and O–H groups in total. The van der Waals surface area contributed by atoms with E-state index in [0.717, 1.165) is 48.5 Å². The third kappa shape index (κ3) is 4.83. The molecular weight excluding hydrogens is 312 g/mol. The van der Waals surface area contributed by atoms with Crippen LogP contribution in [0.25, 0.3) is 0 Å². The molecule has 0 aromatic heterocycles. The zero-order chi connectivity index (χ0) is 17.6. The Morgan fingerprint density at radius 1 is 1.24 bits per heavy atom. The molecule has 132 valence electrons. The molecule has 0 radical (unpaired) electrons. The summed E-state index contributed by atoms with van der Waals surface area (Å²) in [5.74, 6) is 0.977. The number of ether oxygens (including phenoxy) is 1.